The molecule has 1 fully saturated rings. The first kappa shape index (κ1) is 17.5. The number of benzene rings is 1. The summed E-state index contributed by atoms with van der Waals surface area (Å²) >= 11 is 0. The van der Waals surface area contributed by atoms with E-state index < -0.39 is 0 Å². The Morgan fingerprint density at radius 2 is 1.61 bits per heavy atom. The molecule has 0 saturated carbocycles. The lowest BCUT2D eigenvalue weighted by atomic mass is 10.1. The molecule has 23 heavy (non-hydrogen) atoms. The van der Waals surface area contributed by atoms with E-state index >= 15 is 0 Å². The van der Waals surface area contributed by atoms with Gasteiger partial charge in [-0.3, -0.25) is 9.59 Å². The van der Waals surface area contributed by atoms with Gasteiger partial charge >= 0.3 is 0 Å². The van der Waals surface area contributed by atoms with Crippen LogP contribution in [0.3, 0.4) is 0 Å². The summed E-state index contributed by atoms with van der Waals surface area (Å²) in [5, 5.41) is 0. The number of hydrogen-bond acceptors (Lipinski definition) is 2. The van der Waals surface area contributed by atoms with Crippen molar-refractivity contribution in [3.8, 4) is 0 Å². The van der Waals surface area contributed by atoms with Crippen molar-refractivity contribution in [3.63, 3.8) is 0 Å². The van der Waals surface area contributed by atoms with Gasteiger partial charge in [-0.15, -0.1) is 0 Å². The van der Waals surface area contributed by atoms with E-state index in [1.54, 1.807) is 11.8 Å². The van der Waals surface area contributed by atoms with E-state index in [2.05, 4.69) is 0 Å². The minimum absolute atomic E-state index is 0.00827. The molecular weight excluding hydrogens is 288 g/mol. The number of aryl methyl sites for hydroxylation is 2. The first-order valence-electron chi connectivity index (χ1n) is 8.63. The number of nitrogens with zero attached hydrogens (tertiary/aromatic N) is 2. The Hall–Kier alpha value is -1.84. The van der Waals surface area contributed by atoms with Crippen LogP contribution in [0.15, 0.2) is 18.2 Å². The molecule has 0 radical (unpaired) electrons. The van der Waals surface area contributed by atoms with Crippen molar-refractivity contribution in [2.24, 2.45) is 0 Å². The summed E-state index contributed by atoms with van der Waals surface area (Å²) in [6.45, 7) is 7.77. The van der Waals surface area contributed by atoms with Gasteiger partial charge in [0.2, 0.25) is 11.8 Å². The van der Waals surface area contributed by atoms with Crippen LogP contribution in [0.2, 0.25) is 0 Å². The van der Waals surface area contributed by atoms with Gasteiger partial charge in [0, 0.05) is 38.7 Å². The van der Waals surface area contributed by atoms with Gasteiger partial charge in [0.15, 0.2) is 0 Å². The molecule has 1 saturated heterocycles. The Morgan fingerprint density at radius 3 is 2.13 bits per heavy atom. The van der Waals surface area contributed by atoms with E-state index in [0.717, 1.165) is 42.7 Å². The molecule has 4 nitrogen and oxygen atoms in total. The van der Waals surface area contributed by atoms with Crippen LogP contribution in [0, 0.1) is 13.8 Å². The van der Waals surface area contributed by atoms with Crippen LogP contribution >= 0.6 is 0 Å². The van der Waals surface area contributed by atoms with E-state index in [1.165, 1.54) is 12.8 Å². The Labute approximate surface area is 139 Å². The van der Waals surface area contributed by atoms with Crippen molar-refractivity contribution < 1.29 is 9.59 Å². The van der Waals surface area contributed by atoms with Crippen LogP contribution in [0.1, 0.15) is 50.2 Å². The van der Waals surface area contributed by atoms with E-state index in [9.17, 15) is 9.59 Å². The molecule has 1 heterocycles. The lowest BCUT2D eigenvalue weighted by Crippen LogP contribution is -2.37. The molecule has 0 spiro atoms. The highest BCUT2D eigenvalue weighted by molar-refractivity contribution is 5.94. The smallest absolute Gasteiger partial charge is 0.224 e. The predicted octanol–water partition coefficient (Wildman–Crippen LogP) is 3.45. The summed E-state index contributed by atoms with van der Waals surface area (Å²) < 4.78 is 0. The lowest BCUT2D eigenvalue weighted by Gasteiger charge is -2.27. The molecule has 0 atom stereocenters. The Morgan fingerprint density at radius 1 is 1.04 bits per heavy atom. The molecule has 0 bridgehead atoms. The third kappa shape index (κ3) is 4.57. The highest BCUT2D eigenvalue weighted by atomic mass is 16.2. The lowest BCUT2D eigenvalue weighted by molar-refractivity contribution is -0.131. The van der Waals surface area contributed by atoms with Gasteiger partial charge in [-0.1, -0.05) is 31.0 Å². The van der Waals surface area contributed by atoms with E-state index in [-0.39, 0.29) is 11.8 Å². The van der Waals surface area contributed by atoms with Crippen LogP contribution in [0.4, 0.5) is 5.69 Å². The topological polar surface area (TPSA) is 40.6 Å². The van der Waals surface area contributed by atoms with Gasteiger partial charge in [-0.2, -0.15) is 0 Å². The molecular formula is C19H28N2O2. The summed E-state index contributed by atoms with van der Waals surface area (Å²) in [5.41, 5.74) is 3.09. The van der Waals surface area contributed by atoms with E-state index in [1.807, 2.05) is 36.9 Å². The number of likely N-dealkylation sites (tertiary alicyclic amines) is 1. The molecule has 2 amide bonds. The molecule has 2 rings (SSSR count). The molecule has 0 aromatic heterocycles. The van der Waals surface area contributed by atoms with Crippen molar-refractivity contribution in [1.29, 1.82) is 0 Å². The number of hydrogen-bond donors (Lipinski definition) is 0. The SMILES string of the molecule is CC(=O)N(CCC(=O)N1CCCCCC1)c1c(C)cccc1C. The van der Waals surface area contributed by atoms with E-state index in [4.69, 9.17) is 0 Å². The van der Waals surface area contributed by atoms with Gasteiger partial charge in [0.1, 0.15) is 0 Å². The summed E-state index contributed by atoms with van der Waals surface area (Å²) in [6, 6.07) is 6.01. The number of carbonyl (C=O) groups is 2. The van der Waals surface area contributed by atoms with Crippen molar-refractivity contribution in [2.75, 3.05) is 24.5 Å². The summed E-state index contributed by atoms with van der Waals surface area (Å²) in [7, 11) is 0. The normalized spacial score (nSPS) is 15.2. The zero-order chi connectivity index (χ0) is 16.8. The van der Waals surface area contributed by atoms with Crippen LogP contribution < -0.4 is 4.90 Å². The highest BCUT2D eigenvalue weighted by Gasteiger charge is 2.20. The fourth-order valence-corrected chi connectivity index (χ4v) is 3.34. The number of carbonyl (C=O) groups excluding carboxylic acids is 2. The minimum atomic E-state index is -0.00827. The molecule has 1 aliphatic rings. The molecule has 1 aromatic carbocycles. The van der Waals surface area contributed by atoms with Gasteiger partial charge in [-0.25, -0.2) is 0 Å². The first-order valence-corrected chi connectivity index (χ1v) is 8.63. The Kier molecular flexibility index (Phi) is 6.20. The number of para-hydroxylation sites is 1. The fourth-order valence-electron chi connectivity index (χ4n) is 3.34. The second-order valence-corrected chi connectivity index (χ2v) is 6.46. The first-order chi connectivity index (χ1) is 11.0. The predicted molar refractivity (Wildman–Crippen MR) is 93.6 cm³/mol. The van der Waals surface area contributed by atoms with Gasteiger partial charge in [-0.05, 0) is 37.8 Å². The standard InChI is InChI=1S/C19H28N2O2/c1-15-9-8-10-16(2)19(15)21(17(3)22)14-11-18(23)20-12-6-4-5-7-13-20/h8-10H,4-7,11-14H2,1-3H3. The maximum Gasteiger partial charge on any atom is 0.224 e. The van der Waals surface area contributed by atoms with Gasteiger partial charge in [0.05, 0.1) is 0 Å². The number of rotatable bonds is 4. The third-order valence-corrected chi connectivity index (χ3v) is 4.60. The van der Waals surface area contributed by atoms with Crippen LogP contribution in [-0.2, 0) is 9.59 Å². The average Bonchev–Trinajstić information content (AvgIpc) is 2.78. The third-order valence-electron chi connectivity index (χ3n) is 4.60. The Balaban J connectivity index is 2.05. The zero-order valence-electron chi connectivity index (χ0n) is 14.6. The molecule has 0 aliphatic carbocycles. The second-order valence-electron chi connectivity index (χ2n) is 6.46. The summed E-state index contributed by atoms with van der Waals surface area (Å²) in [4.78, 5) is 28.3. The molecule has 1 aliphatic heterocycles. The zero-order valence-corrected chi connectivity index (χ0v) is 14.6. The van der Waals surface area contributed by atoms with Crippen molar-refractivity contribution in [3.05, 3.63) is 29.3 Å². The number of amides is 2. The molecule has 0 unspecified atom stereocenters. The van der Waals surface area contributed by atoms with Crippen molar-refractivity contribution in [1.82, 2.24) is 4.90 Å². The maximum absolute atomic E-state index is 12.5. The highest BCUT2D eigenvalue weighted by Crippen LogP contribution is 2.25. The fraction of sp³-hybridized carbons (Fsp3) is 0.579. The number of anilines is 1. The van der Waals surface area contributed by atoms with Crippen LogP contribution in [-0.4, -0.2) is 36.3 Å². The molecule has 1 aromatic rings. The second kappa shape index (κ2) is 8.14. The monoisotopic (exact) mass is 316 g/mol. The van der Waals surface area contributed by atoms with Crippen molar-refractivity contribution in [2.45, 2.75) is 52.9 Å². The van der Waals surface area contributed by atoms with Crippen LogP contribution in [0.5, 0.6) is 0 Å². The van der Waals surface area contributed by atoms with Gasteiger partial charge < -0.3 is 9.80 Å². The van der Waals surface area contributed by atoms with Crippen LogP contribution in [0.25, 0.3) is 0 Å². The Bertz CT molecular complexity index is 540. The van der Waals surface area contributed by atoms with E-state index in [0.29, 0.717) is 13.0 Å². The molecule has 0 N–H and O–H groups in total. The summed E-state index contributed by atoms with van der Waals surface area (Å²) in [6.07, 6.45) is 5.02. The average molecular weight is 316 g/mol. The molecule has 126 valence electrons. The summed E-state index contributed by atoms with van der Waals surface area (Å²) in [5.74, 6) is 0.162. The molecule has 4 heteroatoms. The van der Waals surface area contributed by atoms with Gasteiger partial charge in [0.25, 0.3) is 0 Å². The minimum Gasteiger partial charge on any atom is -0.343 e. The maximum atomic E-state index is 12.5. The van der Waals surface area contributed by atoms with Crippen molar-refractivity contribution >= 4 is 17.5 Å². The largest absolute Gasteiger partial charge is 0.343 e. The quantitative estimate of drug-likeness (QED) is 0.853.